The Bertz CT molecular complexity index is 2450. The van der Waals surface area contributed by atoms with Crippen molar-refractivity contribution in [3.8, 4) is 34.3 Å². The molecule has 14 heteroatoms. The van der Waals surface area contributed by atoms with Crippen molar-refractivity contribution in [2.75, 3.05) is 0 Å². The quantitative estimate of drug-likeness (QED) is 0.163. The maximum Gasteiger partial charge on any atom is 0.417 e. The van der Waals surface area contributed by atoms with E-state index in [1.165, 1.54) is 9.13 Å². The van der Waals surface area contributed by atoms with Gasteiger partial charge in [0, 0.05) is 5.56 Å². The van der Waals surface area contributed by atoms with Gasteiger partial charge < -0.3 is 19.4 Å². The number of phenolic OH excluding ortho intramolecular Hbond substituents is 1. The lowest BCUT2D eigenvalue weighted by atomic mass is 10.1. The van der Waals surface area contributed by atoms with Gasteiger partial charge in [0.05, 0.1) is 23.2 Å². The van der Waals surface area contributed by atoms with Crippen LogP contribution in [0.25, 0.3) is 34.0 Å². The molecule has 2 N–H and O–H groups in total. The zero-order valence-corrected chi connectivity index (χ0v) is 27.1. The van der Waals surface area contributed by atoms with Crippen LogP contribution in [-0.4, -0.2) is 34.3 Å². The van der Waals surface area contributed by atoms with Crippen LogP contribution in [-0.2, 0) is 12.8 Å². The number of alkyl halides is 3. The number of H-pyrrole nitrogens is 1. The average molecular weight is 695 g/mol. The first-order valence-corrected chi connectivity index (χ1v) is 15.8. The van der Waals surface area contributed by atoms with E-state index in [1.54, 1.807) is 31.2 Å². The Balaban J connectivity index is 1.18. The highest BCUT2D eigenvalue weighted by molar-refractivity contribution is 5.76. The van der Waals surface area contributed by atoms with Crippen LogP contribution in [0.1, 0.15) is 48.4 Å². The van der Waals surface area contributed by atoms with E-state index in [4.69, 9.17) is 14.2 Å². The summed E-state index contributed by atoms with van der Waals surface area (Å²) in [6.07, 6.45) is -4.75. The fraction of sp³-hybridized carbons (Fsp3) is 0.162. The number of nitrogens with one attached hydrogen (secondary N) is 1. The molecule has 7 rings (SSSR count). The number of rotatable bonds is 9. The molecule has 0 spiro atoms. The molecule has 2 unspecified atom stereocenters. The molecule has 258 valence electrons. The van der Waals surface area contributed by atoms with Crippen molar-refractivity contribution in [1.82, 2.24) is 29.2 Å². The van der Waals surface area contributed by atoms with E-state index in [1.807, 2.05) is 67.6 Å². The molecule has 51 heavy (non-hydrogen) atoms. The zero-order chi connectivity index (χ0) is 35.9. The number of aromatic hydroxyl groups is 1. The summed E-state index contributed by atoms with van der Waals surface area (Å²) in [4.78, 5) is 40.0. The maximum absolute atomic E-state index is 14.1. The summed E-state index contributed by atoms with van der Waals surface area (Å²) in [6.45, 7) is 3.47. The van der Waals surface area contributed by atoms with Crippen molar-refractivity contribution in [2.24, 2.45) is 0 Å². The molecule has 0 saturated heterocycles. The number of fused-ring (bicyclic) bond motifs is 1. The molecule has 0 aliphatic heterocycles. The van der Waals surface area contributed by atoms with Gasteiger partial charge in [-0.25, -0.2) is 9.78 Å². The molecule has 4 aromatic carbocycles. The van der Waals surface area contributed by atoms with Crippen molar-refractivity contribution in [3.63, 3.8) is 0 Å². The molecular formula is C37H29F3N6O5. The van der Waals surface area contributed by atoms with Crippen molar-refractivity contribution < 1.29 is 27.5 Å². The van der Waals surface area contributed by atoms with Gasteiger partial charge in [-0.3, -0.25) is 13.9 Å². The normalized spacial score (nSPS) is 13.0. The van der Waals surface area contributed by atoms with Crippen molar-refractivity contribution in [2.45, 2.75) is 38.7 Å². The molecular weight excluding hydrogens is 665 g/mol. The van der Waals surface area contributed by atoms with Crippen LogP contribution in [0.3, 0.4) is 0 Å². The van der Waals surface area contributed by atoms with Crippen molar-refractivity contribution in [1.29, 1.82) is 0 Å². The van der Waals surface area contributed by atoms with Crippen LogP contribution in [0.15, 0.2) is 117 Å². The number of ether oxygens (including phenoxy) is 1. The summed E-state index contributed by atoms with van der Waals surface area (Å²) in [7, 11) is 0. The number of hydrogen-bond acceptors (Lipinski definition) is 8. The number of nitrogens with zero attached hydrogens (tertiary/aromatic N) is 5. The number of benzene rings is 4. The minimum atomic E-state index is -4.75. The van der Waals surface area contributed by atoms with E-state index in [0.717, 1.165) is 23.3 Å². The van der Waals surface area contributed by atoms with Gasteiger partial charge in [-0.2, -0.15) is 18.2 Å². The van der Waals surface area contributed by atoms with Gasteiger partial charge >= 0.3 is 11.9 Å². The van der Waals surface area contributed by atoms with Crippen LogP contribution < -0.4 is 16.0 Å². The number of halogens is 3. The lowest BCUT2D eigenvalue weighted by molar-refractivity contribution is -0.137. The second-order valence-electron chi connectivity index (χ2n) is 11.8. The third-order valence-corrected chi connectivity index (χ3v) is 8.60. The summed E-state index contributed by atoms with van der Waals surface area (Å²) in [6, 6.07) is 27.2. The molecule has 0 amide bonds. The Hall–Kier alpha value is -6.44. The number of aromatic nitrogens is 6. The SMILES string of the molecule is CC(c1ccccc1)n1c(=O)c2[nH]c(-c3ccc(OCc4noc(-c5ccc(O)cc5C(F)(F)F)n4)cc3)nc2n(C(C)c2ccccc2)c1=O. The molecule has 0 radical (unpaired) electrons. The lowest BCUT2D eigenvalue weighted by Gasteiger charge is -2.21. The molecule has 11 nitrogen and oxygen atoms in total. The Morgan fingerprint density at radius 3 is 2.10 bits per heavy atom. The molecule has 0 fully saturated rings. The summed E-state index contributed by atoms with van der Waals surface area (Å²) < 4.78 is 54.1. The minimum Gasteiger partial charge on any atom is -0.508 e. The average Bonchev–Trinajstić information content (AvgIpc) is 3.80. The zero-order valence-electron chi connectivity index (χ0n) is 27.1. The summed E-state index contributed by atoms with van der Waals surface area (Å²) in [5.74, 6) is -0.191. The van der Waals surface area contributed by atoms with E-state index in [9.17, 15) is 27.9 Å². The first kappa shape index (κ1) is 33.1. The number of imidazole rings is 1. The van der Waals surface area contributed by atoms with Gasteiger partial charge in [0.25, 0.3) is 11.4 Å². The Labute approximate surface area is 287 Å². The monoisotopic (exact) mass is 694 g/mol. The number of phenols is 1. The molecule has 7 aromatic rings. The van der Waals surface area contributed by atoms with Gasteiger partial charge in [-0.05, 0) is 67.4 Å². The number of hydrogen-bond donors (Lipinski definition) is 2. The molecule has 0 aliphatic rings. The summed E-state index contributed by atoms with van der Waals surface area (Å²) in [5, 5.41) is 13.3. The largest absolute Gasteiger partial charge is 0.508 e. The van der Waals surface area contributed by atoms with E-state index < -0.39 is 40.8 Å². The maximum atomic E-state index is 14.1. The molecule has 3 aromatic heterocycles. The second kappa shape index (κ2) is 13.1. The van der Waals surface area contributed by atoms with E-state index in [2.05, 4.69) is 15.1 Å². The summed E-state index contributed by atoms with van der Waals surface area (Å²) in [5.41, 5.74) is 0.156. The third kappa shape index (κ3) is 6.38. The first-order valence-electron chi connectivity index (χ1n) is 15.8. The highest BCUT2D eigenvalue weighted by Crippen LogP contribution is 2.38. The van der Waals surface area contributed by atoms with Crippen LogP contribution in [0, 0.1) is 0 Å². The Kier molecular flexibility index (Phi) is 8.51. The highest BCUT2D eigenvalue weighted by atomic mass is 19.4. The molecule has 2 atom stereocenters. The summed E-state index contributed by atoms with van der Waals surface area (Å²) >= 11 is 0. The molecule has 0 saturated carbocycles. The molecule has 0 aliphatic carbocycles. The van der Waals surface area contributed by atoms with Crippen molar-refractivity contribution in [3.05, 3.63) is 146 Å². The fourth-order valence-corrected chi connectivity index (χ4v) is 5.92. The van der Waals surface area contributed by atoms with Gasteiger partial charge in [0.15, 0.2) is 12.3 Å². The number of aromatic amines is 1. The van der Waals surface area contributed by atoms with E-state index in [0.29, 0.717) is 23.2 Å². The second-order valence-corrected chi connectivity index (χ2v) is 11.8. The Morgan fingerprint density at radius 1 is 0.843 bits per heavy atom. The third-order valence-electron chi connectivity index (χ3n) is 8.60. The van der Waals surface area contributed by atoms with Crippen LogP contribution >= 0.6 is 0 Å². The van der Waals surface area contributed by atoms with Gasteiger partial charge in [0.1, 0.15) is 22.8 Å². The van der Waals surface area contributed by atoms with Gasteiger partial charge in [0.2, 0.25) is 5.82 Å². The lowest BCUT2D eigenvalue weighted by Crippen LogP contribution is -2.43. The van der Waals surface area contributed by atoms with E-state index in [-0.39, 0.29) is 35.0 Å². The predicted molar refractivity (Wildman–Crippen MR) is 181 cm³/mol. The van der Waals surface area contributed by atoms with Crippen LogP contribution in [0.2, 0.25) is 0 Å². The van der Waals surface area contributed by atoms with Crippen molar-refractivity contribution >= 4 is 11.2 Å². The van der Waals surface area contributed by atoms with Crippen LogP contribution in [0.4, 0.5) is 13.2 Å². The first-order chi connectivity index (χ1) is 24.5. The fourth-order valence-electron chi connectivity index (χ4n) is 5.92. The topological polar surface area (TPSA) is 141 Å². The van der Waals surface area contributed by atoms with E-state index >= 15 is 0 Å². The predicted octanol–water partition coefficient (Wildman–Crippen LogP) is 7.13. The minimum absolute atomic E-state index is 0.000854. The standard InChI is InChI=1S/C37H29F3N6O5/c1-21(23-9-5-3-6-10-23)45-33-31(35(48)46(36(45)49)22(2)24-11-7-4-8-12-24)42-32(43-33)25-13-16-27(17-14-25)50-20-30-41-34(51-44-30)28-18-15-26(47)19-29(28)37(38,39)40/h3-19,21-22,47H,20H2,1-2H3,(H,42,43). The highest BCUT2D eigenvalue weighted by Gasteiger charge is 2.35. The molecule has 3 heterocycles. The van der Waals surface area contributed by atoms with Gasteiger partial charge in [-0.1, -0.05) is 65.8 Å². The molecule has 0 bridgehead atoms. The van der Waals surface area contributed by atoms with Crippen LogP contribution in [0.5, 0.6) is 11.5 Å². The van der Waals surface area contributed by atoms with Gasteiger partial charge in [-0.15, -0.1) is 0 Å². The smallest absolute Gasteiger partial charge is 0.417 e. The Morgan fingerprint density at radius 2 is 1.47 bits per heavy atom.